The summed E-state index contributed by atoms with van der Waals surface area (Å²) in [6.07, 6.45) is -0.847. The molecule has 0 aromatic heterocycles. The zero-order valence-corrected chi connectivity index (χ0v) is 40.0. The molecule has 0 radical (unpaired) electrons. The third-order valence-electron chi connectivity index (χ3n) is 9.08. The quantitative estimate of drug-likeness (QED) is 0.0126. The molecule has 0 aromatic rings. The highest BCUT2D eigenvalue weighted by atomic mass is 32.2. The Morgan fingerprint density at radius 3 is 1.13 bits per heavy atom. The van der Waals surface area contributed by atoms with Gasteiger partial charge in [-0.25, -0.2) is 0 Å². The molecule has 0 aliphatic heterocycles. The Labute approximate surface area is 394 Å². The maximum Gasteiger partial charge on any atom is 0.306 e. The zero-order chi connectivity index (χ0) is 51.2. The summed E-state index contributed by atoms with van der Waals surface area (Å²) in [6.45, 7) is 7.81. The molecule has 27 heteroatoms. The number of nitrogens with two attached hydrogens (primary N) is 6. The van der Waals surface area contributed by atoms with Crippen LogP contribution < -0.4 is 66.3 Å². The normalized spacial score (nSPS) is 13.5. The maximum absolute atomic E-state index is 14.0. The largest absolute Gasteiger partial charge is 0.463 e. The van der Waals surface area contributed by atoms with E-state index in [1.165, 1.54) is 11.8 Å². The van der Waals surface area contributed by atoms with Crippen molar-refractivity contribution < 1.29 is 57.4 Å². The summed E-state index contributed by atoms with van der Waals surface area (Å²) >= 11 is 1.31. The molecule has 0 spiro atoms. The molecule has 8 amide bonds. The van der Waals surface area contributed by atoms with Gasteiger partial charge in [0.15, 0.2) is 11.9 Å². The number of aliphatic imine (C=N–C) groups is 2. The third-order valence-corrected chi connectivity index (χ3v) is 9.72. The van der Waals surface area contributed by atoms with Crippen molar-refractivity contribution in [2.75, 3.05) is 25.1 Å². The van der Waals surface area contributed by atoms with Gasteiger partial charge in [0.2, 0.25) is 47.3 Å². The van der Waals surface area contributed by atoms with Gasteiger partial charge in [0.05, 0.1) is 12.2 Å². The fraction of sp³-hybridized carbons (Fsp3) is 0.700. The van der Waals surface area contributed by atoms with Crippen LogP contribution in [0.5, 0.6) is 0 Å². The van der Waals surface area contributed by atoms with Crippen molar-refractivity contribution in [1.82, 2.24) is 31.9 Å². The van der Waals surface area contributed by atoms with Crippen molar-refractivity contribution >= 4 is 82.9 Å². The minimum Gasteiger partial charge on any atom is -0.463 e. The first-order valence-electron chi connectivity index (χ1n) is 21.7. The molecule has 0 heterocycles. The SMILES string of the molecule is CSCCC(NC(=O)C(CCC(=O)OC(C)C)NC(=O)C(CCC(=O)OC(C)C)NC(C)=O)C(=O)NC(CCC(N)=O)C(=O)NC(CCCN=C(N)N)C(=O)NC(CCCN=C(N)N)C(N)=O. The van der Waals surface area contributed by atoms with Crippen LogP contribution in [-0.2, 0) is 57.4 Å². The van der Waals surface area contributed by atoms with Crippen molar-refractivity contribution in [3.05, 3.63) is 0 Å². The first-order valence-corrected chi connectivity index (χ1v) is 23.1. The van der Waals surface area contributed by atoms with E-state index in [1.807, 2.05) is 0 Å². The van der Waals surface area contributed by atoms with Gasteiger partial charge >= 0.3 is 11.9 Å². The summed E-state index contributed by atoms with van der Waals surface area (Å²) in [6, 6.07) is -8.31. The highest BCUT2D eigenvalue weighted by Gasteiger charge is 2.34. The van der Waals surface area contributed by atoms with Gasteiger partial charge in [0, 0.05) is 39.3 Å². The van der Waals surface area contributed by atoms with Crippen LogP contribution in [0.4, 0.5) is 0 Å². The number of hydrogen-bond acceptors (Lipinski definition) is 15. The molecule has 6 atom stereocenters. The third kappa shape index (κ3) is 29.0. The number of nitrogens with one attached hydrogen (secondary N) is 6. The summed E-state index contributed by atoms with van der Waals surface area (Å²) in [4.78, 5) is 138. The average molecular weight is 973 g/mol. The van der Waals surface area contributed by atoms with Crippen LogP contribution in [0.15, 0.2) is 9.98 Å². The number of thioether (sulfide) groups is 1. The second-order valence-electron chi connectivity index (χ2n) is 15.8. The molecule has 67 heavy (non-hydrogen) atoms. The summed E-state index contributed by atoms with van der Waals surface area (Å²) in [5, 5.41) is 15.1. The standard InChI is InChI=1S/C40H72N14O12S/c1-21(2)65-31(57)15-12-26(49-23(5)55)35(61)53-28(13-16-32(58)66-22(3)4)37(63)54-29(17-20-67-6)38(64)52-27(11-14-30(41)56)36(62)51-25(10-8-19-48-40(45)46)34(60)50-24(33(42)59)9-7-18-47-39(43)44/h21-22,24-29H,7-20H2,1-6H3,(H2,41,56)(H2,42,59)(H,49,55)(H,50,60)(H,51,62)(H,52,64)(H,53,61)(H,54,63)(H4,43,44,47)(H4,45,46,48). The molecule has 0 bridgehead atoms. The lowest BCUT2D eigenvalue weighted by molar-refractivity contribution is -0.149. The second kappa shape index (κ2) is 33.1. The van der Waals surface area contributed by atoms with E-state index >= 15 is 0 Å². The molecule has 0 saturated carbocycles. The predicted octanol–water partition coefficient (Wildman–Crippen LogP) is -4.01. The van der Waals surface area contributed by atoms with E-state index < -0.39 is 114 Å². The van der Waals surface area contributed by atoms with Crippen LogP contribution in [0.1, 0.15) is 105 Å². The van der Waals surface area contributed by atoms with Gasteiger partial charge in [0.1, 0.15) is 36.3 Å². The summed E-state index contributed by atoms with van der Waals surface area (Å²) in [5.74, 6) is -8.33. The molecule has 0 aromatic carbocycles. The van der Waals surface area contributed by atoms with E-state index in [9.17, 15) is 47.9 Å². The first kappa shape index (κ1) is 60.6. The molecular formula is C40H72N14O12S. The van der Waals surface area contributed by atoms with Crippen LogP contribution in [-0.4, -0.2) is 145 Å². The maximum atomic E-state index is 14.0. The molecule has 18 N–H and O–H groups in total. The predicted molar refractivity (Wildman–Crippen MR) is 249 cm³/mol. The Morgan fingerprint density at radius 1 is 0.478 bits per heavy atom. The number of amides is 8. The van der Waals surface area contributed by atoms with Crippen LogP contribution >= 0.6 is 11.8 Å². The lowest BCUT2D eigenvalue weighted by Crippen LogP contribution is -2.59. The van der Waals surface area contributed by atoms with Gasteiger partial charge in [-0.3, -0.25) is 57.9 Å². The van der Waals surface area contributed by atoms with E-state index in [0.717, 1.165) is 6.92 Å². The van der Waals surface area contributed by atoms with Crippen LogP contribution in [0.3, 0.4) is 0 Å². The number of nitrogens with zero attached hydrogens (tertiary/aromatic N) is 2. The van der Waals surface area contributed by atoms with Crippen molar-refractivity contribution in [2.45, 2.75) is 154 Å². The molecule has 0 rings (SSSR count). The Hall–Kier alpha value is -6.41. The Morgan fingerprint density at radius 2 is 0.806 bits per heavy atom. The summed E-state index contributed by atoms with van der Waals surface area (Å²) in [5.41, 5.74) is 32.5. The van der Waals surface area contributed by atoms with Crippen molar-refractivity contribution in [3.63, 3.8) is 0 Å². The van der Waals surface area contributed by atoms with Gasteiger partial charge in [-0.15, -0.1) is 0 Å². The molecule has 0 saturated heterocycles. The van der Waals surface area contributed by atoms with Gasteiger partial charge in [0.25, 0.3) is 0 Å². The van der Waals surface area contributed by atoms with E-state index in [0.29, 0.717) is 0 Å². The number of rotatable bonds is 34. The Balaban J connectivity index is 6.71. The van der Waals surface area contributed by atoms with E-state index in [4.69, 9.17) is 43.9 Å². The van der Waals surface area contributed by atoms with Crippen LogP contribution in [0, 0.1) is 0 Å². The van der Waals surface area contributed by atoms with Gasteiger partial charge in [-0.2, -0.15) is 11.8 Å². The lowest BCUT2D eigenvalue weighted by atomic mass is 10.0. The van der Waals surface area contributed by atoms with Crippen molar-refractivity contribution in [2.24, 2.45) is 44.4 Å². The van der Waals surface area contributed by atoms with Crippen molar-refractivity contribution in [1.29, 1.82) is 0 Å². The molecular weight excluding hydrogens is 901 g/mol. The first-order chi connectivity index (χ1) is 31.4. The van der Waals surface area contributed by atoms with E-state index in [-0.39, 0.29) is 95.0 Å². The number of ether oxygens (including phenoxy) is 2. The molecule has 380 valence electrons. The lowest BCUT2D eigenvalue weighted by Gasteiger charge is -2.27. The minimum absolute atomic E-state index is 0.0288. The topological polar surface area (TPSA) is 442 Å². The van der Waals surface area contributed by atoms with Crippen LogP contribution in [0.2, 0.25) is 0 Å². The Kier molecular flexibility index (Phi) is 30.0. The number of hydrogen-bond donors (Lipinski definition) is 12. The molecule has 0 aliphatic carbocycles. The molecule has 0 aliphatic rings. The fourth-order valence-electron chi connectivity index (χ4n) is 5.93. The molecule has 6 unspecified atom stereocenters. The average Bonchev–Trinajstić information content (AvgIpc) is 3.21. The van der Waals surface area contributed by atoms with E-state index in [1.54, 1.807) is 34.0 Å². The smallest absolute Gasteiger partial charge is 0.306 e. The second-order valence-corrected chi connectivity index (χ2v) is 16.8. The molecule has 26 nitrogen and oxygen atoms in total. The highest BCUT2D eigenvalue weighted by Crippen LogP contribution is 2.11. The number of carbonyl (C=O) groups is 10. The highest BCUT2D eigenvalue weighted by molar-refractivity contribution is 7.98. The monoisotopic (exact) mass is 973 g/mol. The van der Waals surface area contributed by atoms with Gasteiger partial charge in [-0.05, 0) is 91.1 Å². The minimum atomic E-state index is -1.53. The number of primary amides is 2. The van der Waals surface area contributed by atoms with E-state index in [2.05, 4.69) is 41.9 Å². The number of esters is 2. The van der Waals surface area contributed by atoms with Gasteiger partial charge < -0.3 is 75.8 Å². The summed E-state index contributed by atoms with van der Waals surface area (Å²) < 4.78 is 10.3. The Bertz CT molecular complexity index is 1740. The number of guanidine groups is 2. The zero-order valence-electron chi connectivity index (χ0n) is 39.2. The van der Waals surface area contributed by atoms with Crippen molar-refractivity contribution in [3.8, 4) is 0 Å². The number of carbonyl (C=O) groups excluding carboxylic acids is 10. The van der Waals surface area contributed by atoms with Gasteiger partial charge in [-0.1, -0.05) is 0 Å². The van der Waals surface area contributed by atoms with Crippen LogP contribution in [0.25, 0.3) is 0 Å². The summed E-state index contributed by atoms with van der Waals surface area (Å²) in [7, 11) is 0. The fourth-order valence-corrected chi connectivity index (χ4v) is 6.41. The molecule has 0 fully saturated rings.